The first-order valence-electron chi connectivity index (χ1n) is 6.20. The number of carbonyl (C=O) groups excluding carboxylic acids is 1. The van der Waals surface area contributed by atoms with E-state index < -0.39 is 11.4 Å². The Kier molecular flexibility index (Phi) is 4.95. The fraction of sp³-hybridized carbons (Fsp3) is 0.833. The van der Waals surface area contributed by atoms with Crippen LogP contribution in [-0.2, 0) is 9.53 Å². The number of hydrogen-bond donors (Lipinski definition) is 2. The Morgan fingerprint density at radius 2 is 2.17 bits per heavy atom. The molecular weight excluding hydrogens is 236 g/mol. The number of amides is 2. The van der Waals surface area contributed by atoms with Gasteiger partial charge in [0.05, 0.1) is 24.7 Å². The quantitative estimate of drug-likeness (QED) is 0.786. The van der Waals surface area contributed by atoms with E-state index in [-0.39, 0.29) is 12.1 Å². The van der Waals surface area contributed by atoms with Crippen molar-refractivity contribution in [3.8, 4) is 0 Å². The average Bonchev–Trinajstić information content (AvgIpc) is 2.29. The van der Waals surface area contributed by atoms with Crippen LogP contribution >= 0.6 is 0 Å². The van der Waals surface area contributed by atoms with Gasteiger partial charge in [0.25, 0.3) is 0 Å². The Bertz CT molecular complexity index is 317. The molecule has 0 aromatic rings. The smallest absolute Gasteiger partial charge is 0.317 e. The Balaban J connectivity index is 2.35. The third-order valence-corrected chi connectivity index (χ3v) is 3.23. The number of nitrogens with zero attached hydrogens (tertiary/aromatic N) is 1. The van der Waals surface area contributed by atoms with E-state index in [4.69, 9.17) is 9.84 Å². The molecule has 1 aliphatic rings. The molecule has 1 unspecified atom stereocenters. The van der Waals surface area contributed by atoms with Gasteiger partial charge in [0.2, 0.25) is 0 Å². The molecule has 1 heterocycles. The Morgan fingerprint density at radius 1 is 1.50 bits per heavy atom. The van der Waals surface area contributed by atoms with E-state index >= 15 is 0 Å². The highest BCUT2D eigenvalue weighted by molar-refractivity contribution is 5.75. The highest BCUT2D eigenvalue weighted by Gasteiger charge is 2.28. The molecule has 2 N–H and O–H groups in total. The second-order valence-corrected chi connectivity index (χ2v) is 5.29. The third kappa shape index (κ3) is 3.87. The molecule has 1 atom stereocenters. The molecule has 0 aromatic heterocycles. The highest BCUT2D eigenvalue weighted by Crippen LogP contribution is 2.19. The van der Waals surface area contributed by atoms with Gasteiger partial charge in [-0.15, -0.1) is 0 Å². The molecule has 0 spiro atoms. The summed E-state index contributed by atoms with van der Waals surface area (Å²) >= 11 is 0. The number of ether oxygens (including phenoxy) is 1. The summed E-state index contributed by atoms with van der Waals surface area (Å²) in [5.41, 5.74) is -0.816. The van der Waals surface area contributed by atoms with E-state index in [1.54, 1.807) is 18.7 Å². The monoisotopic (exact) mass is 258 g/mol. The van der Waals surface area contributed by atoms with Gasteiger partial charge >= 0.3 is 12.0 Å². The molecule has 1 rings (SSSR count). The van der Waals surface area contributed by atoms with Gasteiger partial charge in [0.15, 0.2) is 0 Å². The molecule has 1 fully saturated rings. The molecule has 2 amide bonds. The zero-order valence-corrected chi connectivity index (χ0v) is 11.2. The standard InChI is InChI=1S/C12H22N2O4/c1-9-8-18-7-6-14(9)11(17)13-5-4-12(2,3)10(15)16/h9H,4-8H2,1-3H3,(H,13,17)(H,15,16). The summed E-state index contributed by atoms with van der Waals surface area (Å²) in [6.45, 7) is 7.28. The maximum Gasteiger partial charge on any atom is 0.317 e. The van der Waals surface area contributed by atoms with Crippen molar-refractivity contribution in [1.29, 1.82) is 0 Å². The fourth-order valence-electron chi connectivity index (χ4n) is 1.72. The van der Waals surface area contributed by atoms with Crippen LogP contribution in [0.25, 0.3) is 0 Å². The minimum absolute atomic E-state index is 0.0613. The first-order chi connectivity index (χ1) is 8.34. The zero-order valence-electron chi connectivity index (χ0n) is 11.2. The molecule has 0 radical (unpaired) electrons. The highest BCUT2D eigenvalue weighted by atomic mass is 16.5. The lowest BCUT2D eigenvalue weighted by atomic mass is 9.90. The zero-order chi connectivity index (χ0) is 13.8. The second kappa shape index (κ2) is 6.04. The summed E-state index contributed by atoms with van der Waals surface area (Å²) in [5.74, 6) is -0.850. The molecule has 0 bridgehead atoms. The number of rotatable bonds is 4. The summed E-state index contributed by atoms with van der Waals surface area (Å²) in [7, 11) is 0. The van der Waals surface area contributed by atoms with Gasteiger partial charge < -0.3 is 20.1 Å². The summed E-state index contributed by atoms with van der Waals surface area (Å²) in [4.78, 5) is 24.5. The number of carboxylic acid groups (broad SMARTS) is 1. The van der Waals surface area contributed by atoms with Gasteiger partial charge in [-0.2, -0.15) is 0 Å². The van der Waals surface area contributed by atoms with Gasteiger partial charge in [-0.05, 0) is 27.2 Å². The van der Waals surface area contributed by atoms with Crippen LogP contribution in [-0.4, -0.2) is 54.4 Å². The van der Waals surface area contributed by atoms with Crippen molar-refractivity contribution >= 4 is 12.0 Å². The van der Waals surface area contributed by atoms with E-state index in [0.717, 1.165) is 0 Å². The number of morpholine rings is 1. The molecule has 104 valence electrons. The SMILES string of the molecule is CC1COCCN1C(=O)NCCC(C)(C)C(=O)O. The van der Waals surface area contributed by atoms with Crippen LogP contribution in [0.1, 0.15) is 27.2 Å². The number of aliphatic carboxylic acids is 1. The predicted octanol–water partition coefficient (Wildman–Crippen LogP) is 0.918. The third-order valence-electron chi connectivity index (χ3n) is 3.23. The molecule has 6 nitrogen and oxygen atoms in total. The van der Waals surface area contributed by atoms with Gasteiger partial charge in [0.1, 0.15) is 0 Å². The summed E-state index contributed by atoms with van der Waals surface area (Å²) in [5, 5.41) is 11.7. The molecular formula is C12H22N2O4. The largest absolute Gasteiger partial charge is 0.481 e. The van der Waals surface area contributed by atoms with Crippen molar-refractivity contribution in [3.05, 3.63) is 0 Å². The normalized spacial score (nSPS) is 20.6. The summed E-state index contributed by atoms with van der Waals surface area (Å²) in [6.07, 6.45) is 0.410. The summed E-state index contributed by atoms with van der Waals surface area (Å²) in [6, 6.07) is -0.0850. The fourth-order valence-corrected chi connectivity index (χ4v) is 1.72. The maximum absolute atomic E-state index is 11.9. The minimum atomic E-state index is -0.850. The topological polar surface area (TPSA) is 78.9 Å². The van der Waals surface area contributed by atoms with Crippen LogP contribution in [0.2, 0.25) is 0 Å². The number of hydrogen-bond acceptors (Lipinski definition) is 3. The van der Waals surface area contributed by atoms with E-state index in [1.807, 2.05) is 6.92 Å². The molecule has 0 aliphatic carbocycles. The van der Waals surface area contributed by atoms with E-state index in [9.17, 15) is 9.59 Å². The first kappa shape index (κ1) is 14.8. The molecule has 6 heteroatoms. The second-order valence-electron chi connectivity index (χ2n) is 5.29. The van der Waals surface area contributed by atoms with Crippen LogP contribution in [0.15, 0.2) is 0 Å². The van der Waals surface area contributed by atoms with Gasteiger partial charge in [-0.3, -0.25) is 4.79 Å². The number of carboxylic acids is 1. The van der Waals surface area contributed by atoms with E-state index in [1.165, 1.54) is 0 Å². The van der Waals surface area contributed by atoms with Crippen LogP contribution in [0.3, 0.4) is 0 Å². The Hall–Kier alpha value is -1.30. The number of nitrogens with one attached hydrogen (secondary N) is 1. The van der Waals surface area contributed by atoms with E-state index in [2.05, 4.69) is 5.32 Å². The predicted molar refractivity (Wildman–Crippen MR) is 66.4 cm³/mol. The maximum atomic E-state index is 11.9. The van der Waals surface area contributed by atoms with Gasteiger partial charge in [-0.25, -0.2) is 4.79 Å². The van der Waals surface area contributed by atoms with Crippen molar-refractivity contribution in [2.75, 3.05) is 26.3 Å². The summed E-state index contributed by atoms with van der Waals surface area (Å²) < 4.78 is 5.25. The average molecular weight is 258 g/mol. The minimum Gasteiger partial charge on any atom is -0.481 e. The molecule has 0 saturated carbocycles. The van der Waals surface area contributed by atoms with Crippen LogP contribution in [0, 0.1) is 5.41 Å². The van der Waals surface area contributed by atoms with Crippen LogP contribution in [0.5, 0.6) is 0 Å². The van der Waals surface area contributed by atoms with E-state index in [0.29, 0.717) is 32.7 Å². The first-order valence-corrected chi connectivity index (χ1v) is 6.20. The molecule has 1 saturated heterocycles. The van der Waals surface area contributed by atoms with Crippen molar-refractivity contribution < 1.29 is 19.4 Å². The van der Waals surface area contributed by atoms with Crippen LogP contribution in [0.4, 0.5) is 4.79 Å². The number of urea groups is 1. The van der Waals surface area contributed by atoms with Gasteiger partial charge in [0, 0.05) is 13.1 Å². The molecule has 0 aromatic carbocycles. The lowest BCUT2D eigenvalue weighted by molar-refractivity contribution is -0.147. The van der Waals surface area contributed by atoms with Crippen molar-refractivity contribution in [3.63, 3.8) is 0 Å². The lowest BCUT2D eigenvalue weighted by Gasteiger charge is -2.33. The van der Waals surface area contributed by atoms with Gasteiger partial charge in [-0.1, -0.05) is 0 Å². The Labute approximate surface area is 107 Å². The van der Waals surface area contributed by atoms with Crippen molar-refractivity contribution in [1.82, 2.24) is 10.2 Å². The Morgan fingerprint density at radius 3 is 2.72 bits per heavy atom. The lowest BCUT2D eigenvalue weighted by Crippen LogP contribution is -2.51. The molecule has 1 aliphatic heterocycles. The van der Waals surface area contributed by atoms with Crippen molar-refractivity contribution in [2.45, 2.75) is 33.2 Å². The van der Waals surface area contributed by atoms with Crippen molar-refractivity contribution in [2.24, 2.45) is 5.41 Å². The molecule has 18 heavy (non-hydrogen) atoms. The number of carbonyl (C=O) groups is 2. The van der Waals surface area contributed by atoms with Crippen LogP contribution < -0.4 is 5.32 Å².